The number of carbonyl (C=O) groups is 2. The lowest BCUT2D eigenvalue weighted by Gasteiger charge is -2.52. The number of nitrogens with zero attached hydrogens (tertiary/aromatic N) is 2. The van der Waals surface area contributed by atoms with Crippen LogP contribution in [-0.2, 0) is 27.8 Å². The van der Waals surface area contributed by atoms with Crippen molar-refractivity contribution in [2.45, 2.75) is 57.8 Å². The first kappa shape index (κ1) is 27.4. The molecule has 1 unspecified atom stereocenters. The van der Waals surface area contributed by atoms with Crippen molar-refractivity contribution in [2.24, 2.45) is 17.6 Å². The van der Waals surface area contributed by atoms with Gasteiger partial charge in [0.1, 0.15) is 5.75 Å². The number of ether oxygens (including phenoxy) is 1. The lowest BCUT2D eigenvalue weighted by Crippen LogP contribution is -2.63. The van der Waals surface area contributed by atoms with Gasteiger partial charge in [-0.3, -0.25) is 9.59 Å². The molecule has 7 nitrogen and oxygen atoms in total. The van der Waals surface area contributed by atoms with Crippen molar-refractivity contribution in [2.75, 3.05) is 20.2 Å². The summed E-state index contributed by atoms with van der Waals surface area (Å²) in [6.45, 7) is 5.69. The van der Waals surface area contributed by atoms with Crippen LogP contribution in [-0.4, -0.2) is 46.9 Å². The minimum absolute atomic E-state index is 0.0103. The average molecular weight is 517 g/mol. The average Bonchev–Trinajstić information content (AvgIpc) is 3.41. The number of hydrogen-bond acceptors (Lipinski definition) is 4. The van der Waals surface area contributed by atoms with Gasteiger partial charge in [-0.1, -0.05) is 62.6 Å². The fourth-order valence-electron chi connectivity index (χ4n) is 5.91. The van der Waals surface area contributed by atoms with E-state index in [0.29, 0.717) is 25.9 Å². The van der Waals surface area contributed by atoms with E-state index in [0.717, 1.165) is 36.3 Å². The maximum absolute atomic E-state index is 14.1. The number of methoxy groups -OCH3 is 1. The van der Waals surface area contributed by atoms with Gasteiger partial charge in [-0.05, 0) is 48.6 Å². The van der Waals surface area contributed by atoms with Crippen LogP contribution in [0.5, 0.6) is 5.75 Å². The van der Waals surface area contributed by atoms with Gasteiger partial charge in [-0.15, -0.1) is 0 Å². The number of aromatic amines is 1. The molecule has 0 spiro atoms. The summed E-state index contributed by atoms with van der Waals surface area (Å²) in [5.41, 5.74) is 10.2. The maximum Gasteiger partial charge on any atom is 0.226 e. The van der Waals surface area contributed by atoms with E-state index in [2.05, 4.69) is 48.1 Å². The number of hydrogen-bond donors (Lipinski definition) is 2. The van der Waals surface area contributed by atoms with Gasteiger partial charge in [0.15, 0.2) is 0 Å². The van der Waals surface area contributed by atoms with Gasteiger partial charge in [0.05, 0.1) is 25.3 Å². The second kappa shape index (κ2) is 12.3. The van der Waals surface area contributed by atoms with E-state index in [9.17, 15) is 9.59 Å². The number of nitrogens with one attached hydrogen (secondary N) is 1. The molecule has 1 aliphatic heterocycles. The first-order valence-electron chi connectivity index (χ1n) is 13.6. The Bertz CT molecular complexity index is 1200. The van der Waals surface area contributed by atoms with Gasteiger partial charge >= 0.3 is 0 Å². The predicted molar refractivity (Wildman–Crippen MR) is 149 cm³/mol. The number of aryl methyl sites for hydroxylation is 1. The van der Waals surface area contributed by atoms with Gasteiger partial charge in [-0.2, -0.15) is 0 Å². The quantitative estimate of drug-likeness (QED) is 0.325. The van der Waals surface area contributed by atoms with Crippen LogP contribution in [0.25, 0.3) is 0 Å². The van der Waals surface area contributed by atoms with E-state index in [1.807, 2.05) is 29.2 Å². The van der Waals surface area contributed by atoms with Gasteiger partial charge in [-0.25, -0.2) is 4.98 Å². The fraction of sp³-hybridized carbons (Fsp3) is 0.452. The molecular formula is C31H40N4O3. The van der Waals surface area contributed by atoms with E-state index in [4.69, 9.17) is 10.5 Å². The standard InChI is InChI=1S/C31H40N4O3/c1-4-5-8-15-31(28-10-7-6-9-22(28)2)19-35(20-31)30(37)27(16-23-11-13-25(38-3)14-12-23)26(29(32)36)17-24-18-33-21-34-24/h6-7,9-14,18,21,26-27H,4-5,8,15-17,19-20H2,1-3H3,(H2,32,36)(H,33,34)/t26?,27-/m1/s1. The Morgan fingerprint density at radius 3 is 2.42 bits per heavy atom. The molecule has 0 bridgehead atoms. The molecule has 0 saturated carbocycles. The minimum Gasteiger partial charge on any atom is -0.497 e. The zero-order valence-electron chi connectivity index (χ0n) is 22.8. The Hall–Kier alpha value is -3.61. The molecule has 3 N–H and O–H groups in total. The number of imidazole rings is 1. The van der Waals surface area contributed by atoms with Crippen LogP contribution in [0.1, 0.15) is 55.0 Å². The smallest absolute Gasteiger partial charge is 0.226 e. The van der Waals surface area contributed by atoms with E-state index < -0.39 is 17.7 Å². The number of carbonyl (C=O) groups excluding carboxylic acids is 2. The van der Waals surface area contributed by atoms with Gasteiger partial charge < -0.3 is 20.4 Å². The highest BCUT2D eigenvalue weighted by molar-refractivity contribution is 5.88. The molecule has 1 fully saturated rings. The topological polar surface area (TPSA) is 101 Å². The van der Waals surface area contributed by atoms with E-state index >= 15 is 0 Å². The van der Waals surface area contributed by atoms with Crippen LogP contribution in [0.2, 0.25) is 0 Å². The predicted octanol–water partition coefficient (Wildman–Crippen LogP) is 4.59. The molecular weight excluding hydrogens is 476 g/mol. The number of aromatic nitrogens is 2. The third-order valence-corrected chi connectivity index (χ3v) is 8.05. The van der Waals surface area contributed by atoms with Crippen LogP contribution in [0, 0.1) is 18.8 Å². The summed E-state index contributed by atoms with van der Waals surface area (Å²) in [7, 11) is 1.62. The van der Waals surface area contributed by atoms with Crippen LogP contribution in [0.15, 0.2) is 61.1 Å². The van der Waals surface area contributed by atoms with Crippen LogP contribution >= 0.6 is 0 Å². The normalized spacial score (nSPS) is 15.9. The number of benzene rings is 2. The molecule has 0 aliphatic carbocycles. The molecule has 2 heterocycles. The zero-order chi connectivity index (χ0) is 27.1. The lowest BCUT2D eigenvalue weighted by molar-refractivity contribution is -0.148. The monoisotopic (exact) mass is 516 g/mol. The van der Waals surface area contributed by atoms with Crippen molar-refractivity contribution in [3.8, 4) is 5.75 Å². The van der Waals surface area contributed by atoms with Crippen LogP contribution in [0.3, 0.4) is 0 Å². The number of likely N-dealkylation sites (tertiary alicyclic amines) is 1. The van der Waals surface area contributed by atoms with E-state index in [1.165, 1.54) is 17.5 Å². The Labute approximate surface area is 225 Å². The number of amides is 2. The number of nitrogens with two attached hydrogens (primary N) is 1. The summed E-state index contributed by atoms with van der Waals surface area (Å²) >= 11 is 0. The molecule has 202 valence electrons. The molecule has 7 heteroatoms. The summed E-state index contributed by atoms with van der Waals surface area (Å²) in [5, 5.41) is 0. The largest absolute Gasteiger partial charge is 0.497 e. The summed E-state index contributed by atoms with van der Waals surface area (Å²) in [5.74, 6) is -0.962. The van der Waals surface area contributed by atoms with Crippen molar-refractivity contribution < 1.29 is 14.3 Å². The summed E-state index contributed by atoms with van der Waals surface area (Å²) in [6, 6.07) is 16.2. The van der Waals surface area contributed by atoms with Gasteiger partial charge in [0.25, 0.3) is 0 Å². The van der Waals surface area contributed by atoms with Crippen molar-refractivity contribution >= 4 is 11.8 Å². The number of H-pyrrole nitrogens is 1. The maximum atomic E-state index is 14.1. The van der Waals surface area contributed by atoms with Gasteiger partial charge in [0.2, 0.25) is 11.8 Å². The lowest BCUT2D eigenvalue weighted by atomic mass is 9.68. The van der Waals surface area contributed by atoms with Gasteiger partial charge in [0, 0.05) is 36.8 Å². The van der Waals surface area contributed by atoms with Crippen LogP contribution in [0.4, 0.5) is 0 Å². The molecule has 4 rings (SSSR count). The van der Waals surface area contributed by atoms with E-state index in [-0.39, 0.29) is 11.3 Å². The van der Waals surface area contributed by atoms with Crippen LogP contribution < -0.4 is 10.5 Å². The van der Waals surface area contributed by atoms with Crippen molar-refractivity contribution in [3.63, 3.8) is 0 Å². The molecule has 1 saturated heterocycles. The Morgan fingerprint density at radius 1 is 1.08 bits per heavy atom. The Kier molecular flexibility index (Phi) is 8.87. The fourth-order valence-corrected chi connectivity index (χ4v) is 5.91. The second-order valence-electron chi connectivity index (χ2n) is 10.7. The molecule has 2 amide bonds. The van der Waals surface area contributed by atoms with Crippen molar-refractivity contribution in [3.05, 3.63) is 83.4 Å². The molecule has 1 aliphatic rings. The highest BCUT2D eigenvalue weighted by atomic mass is 16.5. The third kappa shape index (κ3) is 6.09. The molecule has 2 aromatic carbocycles. The molecule has 0 radical (unpaired) electrons. The minimum atomic E-state index is -0.654. The second-order valence-corrected chi connectivity index (χ2v) is 10.7. The van der Waals surface area contributed by atoms with Crippen molar-refractivity contribution in [1.29, 1.82) is 0 Å². The number of primary amides is 1. The number of rotatable bonds is 13. The Morgan fingerprint density at radius 2 is 1.82 bits per heavy atom. The first-order valence-corrected chi connectivity index (χ1v) is 13.6. The Balaban J connectivity index is 1.60. The summed E-state index contributed by atoms with van der Waals surface area (Å²) < 4.78 is 5.30. The summed E-state index contributed by atoms with van der Waals surface area (Å²) in [4.78, 5) is 36.0. The first-order chi connectivity index (χ1) is 18.4. The molecule has 38 heavy (non-hydrogen) atoms. The van der Waals surface area contributed by atoms with Crippen molar-refractivity contribution in [1.82, 2.24) is 14.9 Å². The highest BCUT2D eigenvalue weighted by Gasteiger charge is 2.49. The molecule has 1 aromatic heterocycles. The zero-order valence-corrected chi connectivity index (χ0v) is 22.8. The summed E-state index contributed by atoms with van der Waals surface area (Å²) in [6.07, 6.45) is 8.54. The molecule has 3 aromatic rings. The highest BCUT2D eigenvalue weighted by Crippen LogP contribution is 2.42. The number of unbranched alkanes of at least 4 members (excludes halogenated alkanes) is 2. The molecule has 2 atom stereocenters. The third-order valence-electron chi connectivity index (χ3n) is 8.05. The van der Waals surface area contributed by atoms with E-state index in [1.54, 1.807) is 19.6 Å². The SMILES string of the molecule is CCCCCC1(c2ccccc2C)CN(C(=O)[C@H](Cc2ccc(OC)cc2)C(Cc2cnc[nH]2)C(N)=O)C1.